The Morgan fingerprint density at radius 2 is 2.04 bits per heavy atom. The lowest BCUT2D eigenvalue weighted by Crippen LogP contribution is -2.17. The highest BCUT2D eigenvalue weighted by Crippen LogP contribution is 2.23. The van der Waals surface area contributed by atoms with Gasteiger partial charge in [0.1, 0.15) is 0 Å². The van der Waals surface area contributed by atoms with Crippen molar-refractivity contribution in [3.63, 3.8) is 0 Å². The van der Waals surface area contributed by atoms with Crippen molar-refractivity contribution in [1.82, 2.24) is 4.68 Å². The third-order valence-electron chi connectivity index (χ3n) is 4.50. The Hall–Kier alpha value is -1.73. The Morgan fingerprint density at radius 1 is 1.21 bits per heavy atom. The van der Waals surface area contributed by atoms with Gasteiger partial charge in [-0.05, 0) is 31.0 Å². The van der Waals surface area contributed by atoms with Crippen LogP contribution >= 0.6 is 38.9 Å². The fraction of sp³-hybridized carbons (Fsp3) is 0.238. The van der Waals surface area contributed by atoms with Crippen molar-refractivity contribution >= 4 is 45.1 Å². The Balaban J connectivity index is 1.73. The second kappa shape index (κ2) is 9.18. The fourth-order valence-corrected chi connectivity index (χ4v) is 4.37. The third-order valence-corrected chi connectivity index (χ3v) is 6.33. The van der Waals surface area contributed by atoms with Crippen LogP contribution in [0.1, 0.15) is 18.4 Å². The molecule has 144 valence electrons. The molecule has 1 saturated heterocycles. The third kappa shape index (κ3) is 4.63. The fourth-order valence-electron chi connectivity index (χ4n) is 3.01. The van der Waals surface area contributed by atoms with Gasteiger partial charge in [0.25, 0.3) is 0 Å². The zero-order chi connectivity index (χ0) is 19.3. The summed E-state index contributed by atoms with van der Waals surface area (Å²) < 4.78 is 8.60. The highest BCUT2D eigenvalue weighted by Gasteiger charge is 2.15. The molecule has 1 aromatic heterocycles. The molecule has 0 aliphatic carbocycles. The smallest absolute Gasteiger partial charge is 0.206 e. The summed E-state index contributed by atoms with van der Waals surface area (Å²) in [5.41, 5.74) is 3.04. The lowest BCUT2D eigenvalue weighted by atomic mass is 10.2. The van der Waals surface area contributed by atoms with Crippen LogP contribution in [0.2, 0.25) is 5.02 Å². The number of benzene rings is 2. The molecule has 28 heavy (non-hydrogen) atoms. The first-order valence-electron chi connectivity index (χ1n) is 9.08. The summed E-state index contributed by atoms with van der Waals surface area (Å²) in [5, 5.41) is 7.54. The van der Waals surface area contributed by atoms with Gasteiger partial charge in [0.05, 0.1) is 24.6 Å². The number of rotatable bonds is 5. The van der Waals surface area contributed by atoms with Gasteiger partial charge in [-0.1, -0.05) is 57.9 Å². The molecule has 0 spiro atoms. The monoisotopic (exact) mass is 475 g/mol. The maximum absolute atomic E-state index is 6.05. The highest BCUT2D eigenvalue weighted by atomic mass is 79.9. The van der Waals surface area contributed by atoms with Crippen LogP contribution in [0.25, 0.3) is 11.3 Å². The molecule has 0 N–H and O–H groups in total. The predicted octanol–water partition coefficient (Wildman–Crippen LogP) is 5.59. The topological polar surface area (TPSA) is 38.9 Å². The molecule has 0 radical (unpaired) electrons. The summed E-state index contributed by atoms with van der Waals surface area (Å²) >= 11 is 11.2. The number of hydrogen-bond donors (Lipinski definition) is 0. The van der Waals surface area contributed by atoms with E-state index in [9.17, 15) is 0 Å². The molecule has 2 heterocycles. The first-order chi connectivity index (χ1) is 13.7. The van der Waals surface area contributed by atoms with Gasteiger partial charge >= 0.3 is 0 Å². The highest BCUT2D eigenvalue weighted by molar-refractivity contribution is 9.10. The van der Waals surface area contributed by atoms with E-state index in [-0.39, 0.29) is 6.10 Å². The van der Waals surface area contributed by atoms with Crippen molar-refractivity contribution in [2.24, 2.45) is 10.1 Å². The van der Waals surface area contributed by atoms with Crippen molar-refractivity contribution < 1.29 is 4.74 Å². The largest absolute Gasteiger partial charge is 0.376 e. The lowest BCUT2D eigenvalue weighted by Gasteiger charge is -2.06. The van der Waals surface area contributed by atoms with E-state index in [1.807, 2.05) is 59.4 Å². The maximum atomic E-state index is 6.05. The van der Waals surface area contributed by atoms with Crippen molar-refractivity contribution in [2.75, 3.05) is 13.2 Å². The van der Waals surface area contributed by atoms with Crippen LogP contribution in [0.3, 0.4) is 0 Å². The lowest BCUT2D eigenvalue weighted by molar-refractivity contribution is 0.117. The van der Waals surface area contributed by atoms with Crippen molar-refractivity contribution in [1.29, 1.82) is 0 Å². The van der Waals surface area contributed by atoms with E-state index >= 15 is 0 Å². The van der Waals surface area contributed by atoms with Gasteiger partial charge in [0.2, 0.25) is 4.80 Å². The summed E-state index contributed by atoms with van der Waals surface area (Å²) in [5.74, 6) is 0. The number of ether oxygens (including phenoxy) is 1. The quantitative estimate of drug-likeness (QED) is 0.442. The van der Waals surface area contributed by atoms with E-state index in [2.05, 4.69) is 21.3 Å². The van der Waals surface area contributed by atoms with Gasteiger partial charge in [-0.25, -0.2) is 4.68 Å². The van der Waals surface area contributed by atoms with E-state index in [1.54, 1.807) is 11.3 Å². The van der Waals surface area contributed by atoms with Crippen LogP contribution in [0.15, 0.2) is 68.5 Å². The van der Waals surface area contributed by atoms with Gasteiger partial charge in [-0.2, -0.15) is 5.10 Å². The molecule has 7 heteroatoms. The normalized spacial score (nSPS) is 17.6. The Labute approximate surface area is 181 Å². The summed E-state index contributed by atoms with van der Waals surface area (Å²) in [6.45, 7) is 1.49. The minimum atomic E-state index is 0.210. The first-order valence-corrected chi connectivity index (χ1v) is 11.1. The molecule has 0 amide bonds. The van der Waals surface area contributed by atoms with Gasteiger partial charge < -0.3 is 4.74 Å². The number of aromatic nitrogens is 1. The van der Waals surface area contributed by atoms with Crippen molar-refractivity contribution in [3.05, 3.63) is 73.8 Å². The van der Waals surface area contributed by atoms with Gasteiger partial charge in [-0.3, -0.25) is 4.99 Å². The maximum Gasteiger partial charge on any atom is 0.206 e. The van der Waals surface area contributed by atoms with Crippen molar-refractivity contribution in [3.8, 4) is 11.3 Å². The molecule has 1 atom stereocenters. The zero-order valence-corrected chi connectivity index (χ0v) is 18.3. The van der Waals surface area contributed by atoms with Crippen LogP contribution in [0, 0.1) is 0 Å². The molecule has 1 fully saturated rings. The van der Waals surface area contributed by atoms with Crippen LogP contribution < -0.4 is 4.80 Å². The summed E-state index contributed by atoms with van der Waals surface area (Å²) in [6.07, 6.45) is 4.24. The molecular formula is C21H19BrClN3OS. The minimum Gasteiger partial charge on any atom is -0.376 e. The van der Waals surface area contributed by atoms with Gasteiger partial charge in [0.15, 0.2) is 0 Å². The van der Waals surface area contributed by atoms with E-state index in [4.69, 9.17) is 26.4 Å². The molecule has 1 unspecified atom stereocenters. The van der Waals surface area contributed by atoms with Crippen LogP contribution in [-0.2, 0) is 4.74 Å². The van der Waals surface area contributed by atoms with Gasteiger partial charge in [-0.15, -0.1) is 11.3 Å². The number of thiazole rings is 1. The molecule has 4 nitrogen and oxygen atoms in total. The standard InChI is InChI=1S/C21H19BrClN3OS/c22-19-6-2-1-4-16(19)12-25-26-20(15-7-9-17(23)10-8-15)14-28-21(26)24-13-18-5-3-11-27-18/h1-2,4,6-10,12,14,18H,3,5,11,13H2. The van der Waals surface area contributed by atoms with E-state index in [0.29, 0.717) is 11.6 Å². The molecule has 0 saturated carbocycles. The van der Waals surface area contributed by atoms with Crippen LogP contribution in [-0.4, -0.2) is 30.1 Å². The second-order valence-corrected chi connectivity index (χ2v) is 8.59. The number of hydrogen-bond acceptors (Lipinski definition) is 4. The Bertz CT molecular complexity index is 1040. The molecule has 4 rings (SSSR count). The summed E-state index contributed by atoms with van der Waals surface area (Å²) in [4.78, 5) is 5.64. The summed E-state index contributed by atoms with van der Waals surface area (Å²) in [6, 6.07) is 15.8. The molecular weight excluding hydrogens is 458 g/mol. The Morgan fingerprint density at radius 3 is 2.79 bits per heavy atom. The molecule has 2 aromatic carbocycles. The van der Waals surface area contributed by atoms with Gasteiger partial charge in [0, 0.05) is 32.6 Å². The molecule has 0 bridgehead atoms. The molecule has 1 aliphatic heterocycles. The molecule has 3 aromatic rings. The zero-order valence-electron chi connectivity index (χ0n) is 15.1. The second-order valence-electron chi connectivity index (χ2n) is 6.46. The van der Waals surface area contributed by atoms with E-state index < -0.39 is 0 Å². The van der Waals surface area contributed by atoms with E-state index in [1.165, 1.54) is 0 Å². The Kier molecular flexibility index (Phi) is 6.42. The minimum absolute atomic E-state index is 0.210. The van der Waals surface area contributed by atoms with Crippen molar-refractivity contribution in [2.45, 2.75) is 18.9 Å². The van der Waals surface area contributed by atoms with Crippen LogP contribution in [0.5, 0.6) is 0 Å². The average molecular weight is 477 g/mol. The predicted molar refractivity (Wildman–Crippen MR) is 119 cm³/mol. The SMILES string of the molecule is Clc1ccc(-c2csc(=NCC3CCCO3)n2N=Cc2ccccc2Br)cc1. The van der Waals surface area contributed by atoms with Crippen LogP contribution in [0.4, 0.5) is 0 Å². The molecule has 1 aliphatic rings. The number of halogens is 2. The average Bonchev–Trinajstić information content (AvgIpc) is 3.36. The number of nitrogens with zero attached hydrogens (tertiary/aromatic N) is 3. The summed E-state index contributed by atoms with van der Waals surface area (Å²) in [7, 11) is 0. The first kappa shape index (κ1) is 19.6. The van der Waals surface area contributed by atoms with E-state index in [0.717, 1.165) is 45.5 Å².